The Labute approximate surface area is 176 Å². The molecule has 1 saturated heterocycles. The van der Waals surface area contributed by atoms with Crippen molar-refractivity contribution < 1.29 is 17.9 Å². The molecule has 160 valence electrons. The number of carbonyl (C=O) groups is 1. The highest BCUT2D eigenvalue weighted by Gasteiger charge is 2.25. The maximum Gasteiger partial charge on any atom is 0.244 e. The zero-order chi connectivity index (χ0) is 21.2. The SMILES string of the molecule is Cc1cc2nc(N(CCN3CCOCC3)C(=O)CN(C)S(C)(=O)=O)sc2cc1C. The van der Waals surface area contributed by atoms with Crippen LogP contribution in [0, 0.1) is 13.8 Å². The number of aromatic nitrogens is 1. The van der Waals surface area contributed by atoms with E-state index in [1.54, 1.807) is 4.90 Å². The van der Waals surface area contributed by atoms with Crippen LogP contribution < -0.4 is 4.90 Å². The van der Waals surface area contributed by atoms with E-state index in [2.05, 4.69) is 22.9 Å². The summed E-state index contributed by atoms with van der Waals surface area (Å²) in [6.45, 7) is 8.03. The third kappa shape index (κ3) is 5.52. The van der Waals surface area contributed by atoms with E-state index in [1.807, 2.05) is 13.0 Å². The number of likely N-dealkylation sites (N-methyl/N-ethyl adjacent to an activating group) is 1. The van der Waals surface area contributed by atoms with Gasteiger partial charge in [0.2, 0.25) is 15.9 Å². The van der Waals surface area contributed by atoms with Gasteiger partial charge in [-0.3, -0.25) is 14.6 Å². The molecule has 0 radical (unpaired) electrons. The predicted molar refractivity (Wildman–Crippen MR) is 116 cm³/mol. The van der Waals surface area contributed by atoms with Crippen LogP contribution in [0.25, 0.3) is 10.2 Å². The quantitative estimate of drug-likeness (QED) is 0.648. The highest BCUT2D eigenvalue weighted by atomic mass is 32.2. The van der Waals surface area contributed by atoms with Crippen molar-refractivity contribution >= 4 is 42.6 Å². The zero-order valence-corrected chi connectivity index (χ0v) is 19.0. The molecule has 3 rings (SSSR count). The van der Waals surface area contributed by atoms with Gasteiger partial charge in [-0.2, -0.15) is 4.31 Å². The Kier molecular flexibility index (Phi) is 6.90. The van der Waals surface area contributed by atoms with Gasteiger partial charge in [-0.1, -0.05) is 11.3 Å². The van der Waals surface area contributed by atoms with Crippen LogP contribution >= 0.6 is 11.3 Å². The molecule has 1 aromatic carbocycles. The van der Waals surface area contributed by atoms with Crippen LogP contribution in [0.4, 0.5) is 5.13 Å². The van der Waals surface area contributed by atoms with Crippen LogP contribution in [0.3, 0.4) is 0 Å². The first kappa shape index (κ1) is 22.1. The van der Waals surface area contributed by atoms with Gasteiger partial charge in [-0.05, 0) is 37.1 Å². The average molecular weight is 441 g/mol. The third-order valence-corrected chi connectivity index (χ3v) is 7.49. The Hall–Kier alpha value is -1.59. The van der Waals surface area contributed by atoms with Gasteiger partial charge >= 0.3 is 0 Å². The number of aryl methyl sites for hydroxylation is 2. The summed E-state index contributed by atoms with van der Waals surface area (Å²) in [6, 6.07) is 4.11. The smallest absolute Gasteiger partial charge is 0.244 e. The molecule has 1 aromatic heterocycles. The number of amides is 1. The number of sulfonamides is 1. The van der Waals surface area contributed by atoms with Crippen LogP contribution in [-0.4, -0.2) is 87.8 Å². The molecule has 0 N–H and O–H groups in total. The number of hydrogen-bond acceptors (Lipinski definition) is 7. The van der Waals surface area contributed by atoms with Crippen molar-refractivity contribution in [3.8, 4) is 0 Å². The molecular formula is C19H28N4O4S2. The lowest BCUT2D eigenvalue weighted by Gasteiger charge is -2.29. The maximum absolute atomic E-state index is 13.0. The zero-order valence-electron chi connectivity index (χ0n) is 17.3. The van der Waals surface area contributed by atoms with E-state index < -0.39 is 10.0 Å². The predicted octanol–water partition coefficient (Wildman–Crippen LogP) is 1.47. The third-order valence-electron chi connectivity index (χ3n) is 5.19. The molecule has 0 spiro atoms. The van der Waals surface area contributed by atoms with Gasteiger partial charge in [0.15, 0.2) is 5.13 Å². The van der Waals surface area contributed by atoms with Crippen LogP contribution in [0.2, 0.25) is 0 Å². The van der Waals surface area contributed by atoms with Gasteiger partial charge in [0.1, 0.15) is 0 Å². The second kappa shape index (κ2) is 9.05. The second-order valence-corrected chi connectivity index (χ2v) is 10.5. The van der Waals surface area contributed by atoms with E-state index in [9.17, 15) is 13.2 Å². The summed E-state index contributed by atoms with van der Waals surface area (Å²) in [4.78, 5) is 21.6. The Morgan fingerprint density at radius 2 is 1.90 bits per heavy atom. The minimum Gasteiger partial charge on any atom is -0.379 e. The van der Waals surface area contributed by atoms with Gasteiger partial charge < -0.3 is 4.74 Å². The van der Waals surface area contributed by atoms with Gasteiger partial charge in [-0.25, -0.2) is 13.4 Å². The van der Waals surface area contributed by atoms with E-state index >= 15 is 0 Å². The van der Waals surface area contributed by atoms with Crippen LogP contribution in [0.1, 0.15) is 11.1 Å². The van der Waals surface area contributed by atoms with E-state index in [1.165, 1.54) is 23.9 Å². The standard InChI is InChI=1S/C19H28N4O4S2/c1-14-11-16-17(12-15(14)2)28-19(20-16)23(6-5-22-7-9-27-10-8-22)18(24)13-21(3)29(4,25)26/h11-12H,5-10,13H2,1-4H3. The maximum atomic E-state index is 13.0. The Morgan fingerprint density at radius 3 is 2.55 bits per heavy atom. The molecule has 8 nitrogen and oxygen atoms in total. The first-order valence-corrected chi connectivity index (χ1v) is 12.2. The van der Waals surface area contributed by atoms with Gasteiger partial charge in [0.05, 0.1) is 36.2 Å². The van der Waals surface area contributed by atoms with Crippen molar-refractivity contribution in [1.82, 2.24) is 14.2 Å². The molecule has 1 aliphatic heterocycles. The molecule has 2 heterocycles. The number of hydrogen-bond donors (Lipinski definition) is 0. The van der Waals surface area contributed by atoms with Gasteiger partial charge in [-0.15, -0.1) is 0 Å². The van der Waals surface area contributed by atoms with Crippen molar-refractivity contribution in [2.75, 3.05) is 64.1 Å². The fourth-order valence-electron chi connectivity index (χ4n) is 3.07. The Bertz CT molecular complexity index is 945. The van der Waals surface area contributed by atoms with Crippen molar-refractivity contribution in [3.63, 3.8) is 0 Å². The number of morpholine rings is 1. The number of fused-ring (bicyclic) bond motifs is 1. The molecule has 1 aliphatic rings. The van der Waals surface area contributed by atoms with Crippen molar-refractivity contribution in [3.05, 3.63) is 23.3 Å². The summed E-state index contributed by atoms with van der Waals surface area (Å²) >= 11 is 1.46. The fraction of sp³-hybridized carbons (Fsp3) is 0.579. The number of rotatable bonds is 7. The number of ether oxygens (including phenoxy) is 1. The number of anilines is 1. The molecule has 10 heteroatoms. The van der Waals surface area contributed by atoms with E-state index in [-0.39, 0.29) is 12.5 Å². The molecular weight excluding hydrogens is 412 g/mol. The first-order chi connectivity index (χ1) is 13.6. The minimum atomic E-state index is -3.44. The molecule has 0 bridgehead atoms. The molecule has 2 aromatic rings. The number of carbonyl (C=O) groups excluding carboxylic acids is 1. The average Bonchev–Trinajstić information content (AvgIpc) is 3.04. The molecule has 0 atom stereocenters. The minimum absolute atomic E-state index is 0.212. The van der Waals surface area contributed by atoms with Crippen molar-refractivity contribution in [1.29, 1.82) is 0 Å². The second-order valence-electron chi connectivity index (χ2n) is 7.42. The van der Waals surface area contributed by atoms with Crippen LogP contribution in [0.15, 0.2) is 12.1 Å². The lowest BCUT2D eigenvalue weighted by Crippen LogP contribution is -2.46. The molecule has 0 unspecified atom stereocenters. The fourth-order valence-corrected chi connectivity index (χ4v) is 4.50. The topological polar surface area (TPSA) is 83.1 Å². The number of nitrogens with zero attached hydrogens (tertiary/aromatic N) is 4. The highest BCUT2D eigenvalue weighted by molar-refractivity contribution is 7.88. The summed E-state index contributed by atoms with van der Waals surface area (Å²) in [5.41, 5.74) is 3.18. The first-order valence-electron chi connectivity index (χ1n) is 9.54. The monoisotopic (exact) mass is 440 g/mol. The Morgan fingerprint density at radius 1 is 1.24 bits per heavy atom. The van der Waals surface area contributed by atoms with Gasteiger partial charge in [0.25, 0.3) is 0 Å². The summed E-state index contributed by atoms with van der Waals surface area (Å²) < 4.78 is 31.0. The van der Waals surface area contributed by atoms with Crippen molar-refractivity contribution in [2.24, 2.45) is 0 Å². The van der Waals surface area contributed by atoms with E-state index in [0.29, 0.717) is 31.4 Å². The molecule has 29 heavy (non-hydrogen) atoms. The van der Waals surface area contributed by atoms with Crippen LogP contribution in [-0.2, 0) is 19.6 Å². The molecule has 1 amide bonds. The van der Waals surface area contributed by atoms with E-state index in [0.717, 1.165) is 39.4 Å². The lowest BCUT2D eigenvalue weighted by atomic mass is 10.1. The molecule has 0 aliphatic carbocycles. The summed E-state index contributed by atoms with van der Waals surface area (Å²) in [6.07, 6.45) is 1.10. The Balaban J connectivity index is 1.85. The summed E-state index contributed by atoms with van der Waals surface area (Å²) in [7, 11) is -2.03. The molecule has 0 saturated carbocycles. The van der Waals surface area contributed by atoms with E-state index in [4.69, 9.17) is 4.74 Å². The lowest BCUT2D eigenvalue weighted by molar-refractivity contribution is -0.118. The highest BCUT2D eigenvalue weighted by Crippen LogP contribution is 2.31. The molecule has 1 fully saturated rings. The largest absolute Gasteiger partial charge is 0.379 e. The summed E-state index contributed by atoms with van der Waals surface area (Å²) in [5.74, 6) is -0.279. The summed E-state index contributed by atoms with van der Waals surface area (Å²) in [5, 5.41) is 0.602. The van der Waals surface area contributed by atoms with Crippen LogP contribution in [0.5, 0.6) is 0 Å². The normalized spacial score (nSPS) is 15.9. The van der Waals surface area contributed by atoms with Gasteiger partial charge in [0, 0.05) is 33.2 Å². The van der Waals surface area contributed by atoms with Crippen molar-refractivity contribution in [2.45, 2.75) is 13.8 Å². The number of thiazole rings is 1. The number of benzene rings is 1.